The van der Waals surface area contributed by atoms with Crippen molar-refractivity contribution in [3.05, 3.63) is 29.3 Å². The number of rotatable bonds is 6. The molecule has 1 amide bonds. The first-order valence-electron chi connectivity index (χ1n) is 8.50. The minimum Gasteiger partial charge on any atom is -0.452 e. The van der Waals surface area contributed by atoms with Crippen LogP contribution < -0.4 is 9.62 Å². The van der Waals surface area contributed by atoms with Gasteiger partial charge in [-0.2, -0.15) is 0 Å². The SMILES string of the molecule is CS(=O)(=O)N1CCc2cc(C(=O)OCC(=O)NC[C@H]3CCCO3)ccc21. The summed E-state index contributed by atoms with van der Waals surface area (Å²) in [6.07, 6.45) is 3.62. The lowest BCUT2D eigenvalue weighted by molar-refractivity contribution is -0.124. The number of esters is 1. The van der Waals surface area contributed by atoms with Crippen LogP contribution in [0, 0.1) is 0 Å². The molecule has 1 atom stereocenters. The van der Waals surface area contributed by atoms with Gasteiger partial charge in [0.1, 0.15) is 0 Å². The highest BCUT2D eigenvalue weighted by Gasteiger charge is 2.27. The molecule has 0 bridgehead atoms. The summed E-state index contributed by atoms with van der Waals surface area (Å²) in [5.74, 6) is -0.990. The molecule has 26 heavy (non-hydrogen) atoms. The fourth-order valence-corrected chi connectivity index (χ4v) is 4.10. The van der Waals surface area contributed by atoms with Crippen LogP contribution in [-0.4, -0.2) is 59.0 Å². The van der Waals surface area contributed by atoms with Gasteiger partial charge in [-0.1, -0.05) is 0 Å². The number of nitrogens with zero attached hydrogens (tertiary/aromatic N) is 1. The summed E-state index contributed by atoms with van der Waals surface area (Å²) in [4.78, 5) is 23.9. The molecule has 2 aliphatic heterocycles. The van der Waals surface area contributed by atoms with Crippen LogP contribution in [0.2, 0.25) is 0 Å². The Morgan fingerprint density at radius 1 is 1.38 bits per heavy atom. The summed E-state index contributed by atoms with van der Waals surface area (Å²) in [7, 11) is -3.33. The van der Waals surface area contributed by atoms with Gasteiger partial charge >= 0.3 is 5.97 Å². The van der Waals surface area contributed by atoms with Crippen LogP contribution in [0.15, 0.2) is 18.2 Å². The predicted molar refractivity (Wildman–Crippen MR) is 94.6 cm³/mol. The number of nitrogens with one attached hydrogen (secondary N) is 1. The molecule has 2 heterocycles. The number of carbonyl (C=O) groups excluding carboxylic acids is 2. The standard InChI is InChI=1S/C17H22N2O6S/c1-26(22,23)19-7-6-12-9-13(4-5-15(12)19)17(21)25-11-16(20)18-10-14-3-2-8-24-14/h4-5,9,14H,2-3,6-8,10-11H2,1H3,(H,18,20)/t14-/m1/s1. The highest BCUT2D eigenvalue weighted by molar-refractivity contribution is 7.92. The zero-order valence-electron chi connectivity index (χ0n) is 14.6. The van der Waals surface area contributed by atoms with Crippen LogP contribution in [0.5, 0.6) is 0 Å². The van der Waals surface area contributed by atoms with Crippen molar-refractivity contribution in [3.8, 4) is 0 Å². The van der Waals surface area contributed by atoms with Crippen molar-refractivity contribution in [1.82, 2.24) is 5.32 Å². The van der Waals surface area contributed by atoms with E-state index in [0.717, 1.165) is 24.7 Å². The minimum absolute atomic E-state index is 0.0316. The third-order valence-electron chi connectivity index (χ3n) is 4.45. The largest absolute Gasteiger partial charge is 0.452 e. The van der Waals surface area contributed by atoms with Crippen LogP contribution in [0.25, 0.3) is 0 Å². The molecule has 1 aromatic rings. The second-order valence-corrected chi connectivity index (χ2v) is 8.35. The molecule has 2 aliphatic rings. The van der Waals surface area contributed by atoms with Gasteiger partial charge < -0.3 is 14.8 Å². The number of hydrogen-bond acceptors (Lipinski definition) is 6. The lowest BCUT2D eigenvalue weighted by Gasteiger charge is -2.16. The Balaban J connectivity index is 1.53. The molecule has 8 nitrogen and oxygen atoms in total. The number of fused-ring (bicyclic) bond motifs is 1. The number of ether oxygens (including phenoxy) is 2. The molecule has 0 spiro atoms. The van der Waals surface area contributed by atoms with Gasteiger partial charge in [0.15, 0.2) is 6.61 Å². The van der Waals surface area contributed by atoms with Gasteiger partial charge in [0, 0.05) is 19.7 Å². The molecule has 1 aromatic carbocycles. The zero-order valence-corrected chi connectivity index (χ0v) is 15.4. The van der Waals surface area contributed by atoms with Gasteiger partial charge in [0.2, 0.25) is 10.0 Å². The lowest BCUT2D eigenvalue weighted by Crippen LogP contribution is -2.34. The fraction of sp³-hybridized carbons (Fsp3) is 0.529. The van der Waals surface area contributed by atoms with E-state index < -0.39 is 16.0 Å². The first-order chi connectivity index (χ1) is 12.3. The van der Waals surface area contributed by atoms with E-state index in [-0.39, 0.29) is 18.6 Å². The van der Waals surface area contributed by atoms with Gasteiger partial charge in [-0.3, -0.25) is 9.10 Å². The molecule has 1 saturated heterocycles. The maximum atomic E-state index is 12.1. The van der Waals surface area contributed by atoms with Crippen molar-refractivity contribution in [2.75, 3.05) is 36.9 Å². The monoisotopic (exact) mass is 382 g/mol. The summed E-state index contributed by atoms with van der Waals surface area (Å²) in [6, 6.07) is 4.72. The number of amides is 1. The first kappa shape index (κ1) is 18.7. The van der Waals surface area contributed by atoms with Gasteiger partial charge in [0.05, 0.1) is 23.6 Å². The molecule has 0 aliphatic carbocycles. The van der Waals surface area contributed by atoms with E-state index in [1.807, 2.05) is 0 Å². The second kappa shape index (κ2) is 7.63. The average molecular weight is 382 g/mol. The van der Waals surface area contributed by atoms with E-state index in [1.165, 1.54) is 10.4 Å². The van der Waals surface area contributed by atoms with E-state index in [9.17, 15) is 18.0 Å². The maximum absolute atomic E-state index is 12.1. The third-order valence-corrected chi connectivity index (χ3v) is 5.63. The Morgan fingerprint density at radius 3 is 2.88 bits per heavy atom. The predicted octanol–water partition coefficient (Wildman–Crippen LogP) is 0.461. The Bertz CT molecular complexity index is 801. The molecule has 0 aromatic heterocycles. The molecular formula is C17H22N2O6S. The lowest BCUT2D eigenvalue weighted by atomic mass is 10.1. The van der Waals surface area contributed by atoms with E-state index >= 15 is 0 Å². The maximum Gasteiger partial charge on any atom is 0.338 e. The second-order valence-electron chi connectivity index (χ2n) is 6.44. The minimum atomic E-state index is -3.33. The molecule has 0 radical (unpaired) electrons. The third kappa shape index (κ3) is 4.34. The van der Waals surface area contributed by atoms with Crippen LogP contribution in [0.1, 0.15) is 28.8 Å². The summed E-state index contributed by atoms with van der Waals surface area (Å²) < 4.78 is 35.2. The summed E-state index contributed by atoms with van der Waals surface area (Å²) in [5.41, 5.74) is 1.65. The van der Waals surface area contributed by atoms with E-state index in [4.69, 9.17) is 9.47 Å². The highest BCUT2D eigenvalue weighted by atomic mass is 32.2. The van der Waals surface area contributed by atoms with E-state index in [0.29, 0.717) is 37.4 Å². The fourth-order valence-electron chi connectivity index (χ4n) is 3.14. The molecular weight excluding hydrogens is 360 g/mol. The Morgan fingerprint density at radius 2 is 2.19 bits per heavy atom. The van der Waals surface area contributed by atoms with Crippen molar-refractivity contribution in [2.45, 2.75) is 25.4 Å². The number of benzene rings is 1. The van der Waals surface area contributed by atoms with Crippen molar-refractivity contribution in [1.29, 1.82) is 0 Å². The van der Waals surface area contributed by atoms with Crippen molar-refractivity contribution >= 4 is 27.6 Å². The van der Waals surface area contributed by atoms with Gasteiger partial charge in [0.25, 0.3) is 5.91 Å². The van der Waals surface area contributed by atoms with Gasteiger partial charge in [-0.05, 0) is 43.0 Å². The first-order valence-corrected chi connectivity index (χ1v) is 10.4. The number of carbonyl (C=O) groups is 2. The Labute approximate surface area is 152 Å². The van der Waals surface area contributed by atoms with Crippen molar-refractivity contribution in [3.63, 3.8) is 0 Å². The molecule has 1 fully saturated rings. The molecule has 9 heteroatoms. The average Bonchev–Trinajstić information content (AvgIpc) is 3.25. The summed E-state index contributed by atoms with van der Waals surface area (Å²) in [5, 5.41) is 2.68. The Kier molecular flexibility index (Phi) is 5.47. The van der Waals surface area contributed by atoms with Crippen LogP contribution >= 0.6 is 0 Å². The van der Waals surface area contributed by atoms with Crippen LogP contribution in [0.3, 0.4) is 0 Å². The molecule has 0 saturated carbocycles. The topological polar surface area (TPSA) is 102 Å². The van der Waals surface area contributed by atoms with Crippen LogP contribution in [-0.2, 0) is 30.7 Å². The normalized spacial score (nSPS) is 19.3. The number of sulfonamides is 1. The van der Waals surface area contributed by atoms with Gasteiger partial charge in [-0.25, -0.2) is 13.2 Å². The summed E-state index contributed by atoms with van der Waals surface area (Å²) in [6.45, 7) is 1.12. The Hall–Kier alpha value is -2.13. The highest BCUT2D eigenvalue weighted by Crippen LogP contribution is 2.30. The van der Waals surface area contributed by atoms with Crippen molar-refractivity contribution in [2.24, 2.45) is 0 Å². The molecule has 1 N–H and O–H groups in total. The smallest absolute Gasteiger partial charge is 0.338 e. The number of anilines is 1. The molecule has 3 rings (SSSR count). The van der Waals surface area contributed by atoms with Crippen LogP contribution in [0.4, 0.5) is 5.69 Å². The summed E-state index contributed by atoms with van der Waals surface area (Å²) >= 11 is 0. The van der Waals surface area contributed by atoms with Gasteiger partial charge in [-0.15, -0.1) is 0 Å². The van der Waals surface area contributed by atoms with E-state index in [2.05, 4.69) is 5.32 Å². The van der Waals surface area contributed by atoms with Crippen molar-refractivity contribution < 1.29 is 27.5 Å². The quantitative estimate of drug-likeness (QED) is 0.717. The molecule has 142 valence electrons. The molecule has 0 unspecified atom stereocenters. The van der Waals surface area contributed by atoms with E-state index in [1.54, 1.807) is 12.1 Å². The number of hydrogen-bond donors (Lipinski definition) is 1. The zero-order chi connectivity index (χ0) is 18.7.